The van der Waals surface area contributed by atoms with E-state index >= 15 is 0 Å². The fourth-order valence-corrected chi connectivity index (χ4v) is 8.74. The van der Waals surface area contributed by atoms with E-state index in [9.17, 15) is 31.5 Å². The lowest BCUT2D eigenvalue weighted by Crippen LogP contribution is -2.55. The van der Waals surface area contributed by atoms with Crippen molar-refractivity contribution in [1.29, 1.82) is 0 Å². The number of aliphatic hydroxyl groups excluding tert-OH is 1. The van der Waals surface area contributed by atoms with Gasteiger partial charge in [-0.25, -0.2) is 21.6 Å². The molecular weight excluding hydrogens is 667 g/mol. The van der Waals surface area contributed by atoms with Crippen molar-refractivity contribution in [3.8, 4) is 0 Å². The van der Waals surface area contributed by atoms with Gasteiger partial charge in [0, 0.05) is 18.6 Å². The van der Waals surface area contributed by atoms with E-state index in [0.29, 0.717) is 24.6 Å². The number of carbonyl (C=O) groups is 2. The average molecular weight is 716 g/mol. The molecule has 0 spiro atoms. The van der Waals surface area contributed by atoms with Gasteiger partial charge in [-0.1, -0.05) is 60.7 Å². The van der Waals surface area contributed by atoms with Crippen molar-refractivity contribution in [3.63, 3.8) is 0 Å². The van der Waals surface area contributed by atoms with Gasteiger partial charge in [0.2, 0.25) is 21.8 Å². The first-order valence-corrected chi connectivity index (χ1v) is 20.0. The van der Waals surface area contributed by atoms with Gasteiger partial charge in [-0.2, -0.15) is 0 Å². The predicted molar refractivity (Wildman–Crippen MR) is 190 cm³/mol. The van der Waals surface area contributed by atoms with Crippen molar-refractivity contribution in [1.82, 2.24) is 15.4 Å². The summed E-state index contributed by atoms with van der Waals surface area (Å²) in [5, 5.41) is 19.1. The van der Waals surface area contributed by atoms with Crippen LogP contribution in [0.15, 0.2) is 77.7 Å². The van der Waals surface area contributed by atoms with Gasteiger partial charge < -0.3 is 20.5 Å². The minimum Gasteiger partial charge on any atom is -0.391 e. The molecule has 0 heterocycles. The molecule has 0 bridgehead atoms. The number of methoxy groups -OCH3 is 1. The molecule has 0 aromatic heterocycles. The van der Waals surface area contributed by atoms with Gasteiger partial charge in [0.05, 0.1) is 35.2 Å². The van der Waals surface area contributed by atoms with Crippen LogP contribution in [0.3, 0.4) is 0 Å². The number of aliphatic hydroxyl groups is 1. The maximum Gasteiger partial charge on any atom is 0.239 e. The van der Waals surface area contributed by atoms with Crippen LogP contribution in [0.2, 0.25) is 0 Å². The molecule has 49 heavy (non-hydrogen) atoms. The monoisotopic (exact) mass is 715 g/mol. The van der Waals surface area contributed by atoms with Gasteiger partial charge in [-0.3, -0.25) is 9.59 Å². The van der Waals surface area contributed by atoms with Crippen molar-refractivity contribution in [2.75, 3.05) is 19.1 Å². The Hall–Kier alpha value is -3.36. The Morgan fingerprint density at radius 1 is 0.939 bits per heavy atom. The highest BCUT2D eigenvalue weighted by Crippen LogP contribution is 2.36. The standard InChI is InChI=1S/C36H49N3O8S2/c1-36(2,3)38-34(41)30-22-28(47-4)17-15-27(30)21-33(40)31(19-24-11-7-6-8-12-24)37-35(42)32(39-48(5,43)44)23-49(45,46)29-18-16-25-13-9-10-14-26(25)20-29/h6-14,16,18,20,27-28,30-33,39-40H,15,17,19,21-23H2,1-5H3,(H,37,42)(H,38,41)/t27?,28?,30?,31-,32+,33+/m0/s1. The molecule has 1 saturated carbocycles. The second-order valence-corrected chi connectivity index (χ2v) is 17.9. The number of hydrogen-bond donors (Lipinski definition) is 4. The number of nitrogens with one attached hydrogen (secondary N) is 3. The number of amides is 2. The van der Waals surface area contributed by atoms with E-state index in [1.165, 1.54) is 12.1 Å². The van der Waals surface area contributed by atoms with Crippen LogP contribution in [-0.2, 0) is 40.6 Å². The molecule has 6 atom stereocenters. The molecular formula is C36H49N3O8S2. The smallest absolute Gasteiger partial charge is 0.239 e. The van der Waals surface area contributed by atoms with E-state index in [4.69, 9.17) is 4.74 Å². The molecule has 0 saturated heterocycles. The van der Waals surface area contributed by atoms with E-state index < -0.39 is 61.2 Å². The first kappa shape index (κ1) is 38.4. The van der Waals surface area contributed by atoms with Crippen LogP contribution in [0, 0.1) is 11.8 Å². The largest absolute Gasteiger partial charge is 0.391 e. The molecule has 1 aliphatic carbocycles. The molecule has 3 unspecified atom stereocenters. The van der Waals surface area contributed by atoms with Crippen molar-refractivity contribution in [2.45, 2.75) is 87.6 Å². The lowest BCUT2D eigenvalue weighted by Gasteiger charge is -2.38. The summed E-state index contributed by atoms with van der Waals surface area (Å²) < 4.78 is 59.7. The molecule has 1 fully saturated rings. The zero-order valence-electron chi connectivity index (χ0n) is 28.8. The molecule has 1 aliphatic rings. The molecule has 3 aromatic rings. The zero-order valence-corrected chi connectivity index (χ0v) is 30.4. The lowest BCUT2D eigenvalue weighted by molar-refractivity contribution is -0.132. The third-order valence-electron chi connectivity index (χ3n) is 8.89. The van der Waals surface area contributed by atoms with Crippen LogP contribution < -0.4 is 15.4 Å². The van der Waals surface area contributed by atoms with Crippen LogP contribution in [0.1, 0.15) is 52.0 Å². The van der Waals surface area contributed by atoms with Gasteiger partial charge in [-0.15, -0.1) is 0 Å². The summed E-state index contributed by atoms with van der Waals surface area (Å²) in [7, 11) is -6.57. The highest BCUT2D eigenvalue weighted by atomic mass is 32.2. The van der Waals surface area contributed by atoms with Crippen molar-refractivity contribution in [3.05, 3.63) is 78.4 Å². The van der Waals surface area contributed by atoms with E-state index in [2.05, 4.69) is 15.4 Å². The van der Waals surface area contributed by atoms with Crippen molar-refractivity contribution >= 4 is 42.4 Å². The molecule has 3 aromatic carbocycles. The van der Waals surface area contributed by atoms with Gasteiger partial charge in [-0.05, 0) is 87.3 Å². The SMILES string of the molecule is COC1CCC(C[C@@H](O)[C@H](Cc2ccccc2)NC(=O)[C@@H](CS(=O)(=O)c2ccc3ccccc3c2)NS(C)(=O)=O)C(C(=O)NC(C)(C)C)C1. The molecule has 4 N–H and O–H groups in total. The number of hydrogen-bond acceptors (Lipinski definition) is 8. The van der Waals surface area contributed by atoms with Crippen molar-refractivity contribution in [2.24, 2.45) is 11.8 Å². The summed E-state index contributed by atoms with van der Waals surface area (Å²) in [6.45, 7) is 5.70. The Bertz CT molecular complexity index is 1810. The summed E-state index contributed by atoms with van der Waals surface area (Å²) in [4.78, 5) is 27.2. The maximum atomic E-state index is 13.9. The van der Waals surface area contributed by atoms with E-state index in [1.807, 2.05) is 63.2 Å². The van der Waals surface area contributed by atoms with Crippen LogP contribution in [0.25, 0.3) is 10.8 Å². The lowest BCUT2D eigenvalue weighted by atomic mass is 9.73. The molecule has 0 aliphatic heterocycles. The molecule has 2 amide bonds. The predicted octanol–water partition coefficient (Wildman–Crippen LogP) is 3.36. The van der Waals surface area contributed by atoms with E-state index in [-0.39, 0.29) is 35.7 Å². The number of sulfone groups is 1. The second kappa shape index (κ2) is 16.1. The zero-order chi connectivity index (χ0) is 36.0. The third kappa shape index (κ3) is 11.3. The van der Waals surface area contributed by atoms with Crippen LogP contribution in [0.4, 0.5) is 0 Å². The molecule has 13 heteroatoms. The van der Waals surface area contributed by atoms with Crippen LogP contribution in [0.5, 0.6) is 0 Å². The number of carbonyl (C=O) groups excluding carboxylic acids is 2. The first-order valence-electron chi connectivity index (χ1n) is 16.5. The Labute approximate surface area is 290 Å². The van der Waals surface area contributed by atoms with E-state index in [1.54, 1.807) is 25.3 Å². The summed E-state index contributed by atoms with van der Waals surface area (Å²) in [5.74, 6) is -2.52. The Balaban J connectivity index is 1.60. The van der Waals surface area contributed by atoms with Crippen LogP contribution >= 0.6 is 0 Å². The Morgan fingerprint density at radius 3 is 2.22 bits per heavy atom. The number of sulfonamides is 1. The molecule has 11 nitrogen and oxygen atoms in total. The van der Waals surface area contributed by atoms with Gasteiger partial charge in [0.25, 0.3) is 0 Å². The first-order chi connectivity index (χ1) is 22.9. The summed E-state index contributed by atoms with van der Waals surface area (Å²) >= 11 is 0. The third-order valence-corrected chi connectivity index (χ3v) is 11.3. The number of fused-ring (bicyclic) bond motifs is 1. The van der Waals surface area contributed by atoms with Crippen molar-refractivity contribution < 1.29 is 36.3 Å². The van der Waals surface area contributed by atoms with Crippen LogP contribution in [-0.4, -0.2) is 82.7 Å². The highest BCUT2D eigenvalue weighted by molar-refractivity contribution is 7.91. The number of benzene rings is 3. The molecule has 268 valence electrons. The van der Waals surface area contributed by atoms with E-state index in [0.717, 1.165) is 17.2 Å². The highest BCUT2D eigenvalue weighted by Gasteiger charge is 2.39. The fourth-order valence-electron chi connectivity index (χ4n) is 6.48. The van der Waals surface area contributed by atoms with Gasteiger partial charge >= 0.3 is 0 Å². The average Bonchev–Trinajstić information content (AvgIpc) is 3.03. The van der Waals surface area contributed by atoms with Gasteiger partial charge in [0.15, 0.2) is 9.84 Å². The Kier molecular flexibility index (Phi) is 12.6. The summed E-state index contributed by atoms with van der Waals surface area (Å²) in [5.41, 5.74) is 0.340. The normalized spacial score (nSPS) is 20.7. The number of ether oxygens (including phenoxy) is 1. The minimum absolute atomic E-state index is 0.0496. The minimum atomic E-state index is -4.15. The molecule has 4 rings (SSSR count). The second-order valence-electron chi connectivity index (χ2n) is 14.1. The fraction of sp³-hybridized carbons (Fsp3) is 0.500. The molecule has 0 radical (unpaired) electrons. The summed E-state index contributed by atoms with van der Waals surface area (Å²) in [6.07, 6.45) is 1.77. The maximum absolute atomic E-state index is 13.9. The summed E-state index contributed by atoms with van der Waals surface area (Å²) in [6, 6.07) is 18.4. The number of rotatable bonds is 14. The van der Waals surface area contributed by atoms with Gasteiger partial charge in [0.1, 0.15) is 6.04 Å². The topological polar surface area (TPSA) is 168 Å². The quantitative estimate of drug-likeness (QED) is 0.197. The Morgan fingerprint density at radius 2 is 1.59 bits per heavy atom.